The van der Waals surface area contributed by atoms with Gasteiger partial charge >= 0.3 is 5.97 Å². The van der Waals surface area contributed by atoms with Gasteiger partial charge in [0.1, 0.15) is 5.84 Å². The first kappa shape index (κ1) is 17.8. The minimum absolute atomic E-state index is 0.0777. The van der Waals surface area contributed by atoms with Crippen molar-refractivity contribution in [2.75, 3.05) is 19.6 Å². The summed E-state index contributed by atoms with van der Waals surface area (Å²) in [6.45, 7) is 2.72. The molecule has 2 aliphatic rings. The second-order valence-electron chi connectivity index (χ2n) is 7.03. The number of carbonyl (C=O) groups is 1. The second kappa shape index (κ2) is 7.51. The Balaban J connectivity index is 1.51. The van der Waals surface area contributed by atoms with Crippen molar-refractivity contribution in [2.45, 2.75) is 43.7 Å². The Morgan fingerprint density at radius 1 is 1.36 bits per heavy atom. The lowest BCUT2D eigenvalue weighted by Crippen LogP contribution is -2.44. The van der Waals surface area contributed by atoms with Crippen LogP contribution in [0.25, 0.3) is 0 Å². The molecule has 0 bridgehead atoms. The van der Waals surface area contributed by atoms with E-state index in [-0.39, 0.29) is 23.9 Å². The van der Waals surface area contributed by atoms with Crippen LogP contribution in [0.2, 0.25) is 0 Å². The number of benzene rings is 1. The highest BCUT2D eigenvalue weighted by Crippen LogP contribution is 2.40. The van der Waals surface area contributed by atoms with Crippen molar-refractivity contribution in [3.63, 3.8) is 0 Å². The van der Waals surface area contributed by atoms with Gasteiger partial charge in [-0.3, -0.25) is 15.0 Å². The molecule has 2 heterocycles. The third kappa shape index (κ3) is 4.36. The number of nitrogens with one attached hydrogen (secondary N) is 2. The van der Waals surface area contributed by atoms with Gasteiger partial charge in [-0.2, -0.15) is 5.48 Å². The molecule has 1 unspecified atom stereocenters. The van der Waals surface area contributed by atoms with E-state index in [1.165, 1.54) is 0 Å². The predicted octanol–water partition coefficient (Wildman–Crippen LogP) is 1.64. The molecule has 0 amide bonds. The summed E-state index contributed by atoms with van der Waals surface area (Å²) in [4.78, 5) is 18.9. The van der Waals surface area contributed by atoms with Crippen LogP contribution >= 0.6 is 0 Å². The maximum atomic E-state index is 10.6. The molecule has 25 heavy (non-hydrogen) atoms. The van der Waals surface area contributed by atoms with Gasteiger partial charge in [-0.25, -0.2) is 0 Å². The summed E-state index contributed by atoms with van der Waals surface area (Å²) in [6.07, 6.45) is 3.77. The van der Waals surface area contributed by atoms with Crippen molar-refractivity contribution in [1.82, 2.24) is 10.4 Å². The molecule has 1 atom stereocenters. The number of piperidine rings is 1. The van der Waals surface area contributed by atoms with Crippen LogP contribution in [0.3, 0.4) is 0 Å². The van der Waals surface area contributed by atoms with E-state index < -0.39 is 5.97 Å². The zero-order chi connectivity index (χ0) is 17.9. The van der Waals surface area contributed by atoms with Crippen molar-refractivity contribution in [1.29, 1.82) is 5.41 Å². The number of amidine groups is 1. The minimum Gasteiger partial charge on any atom is -0.481 e. The number of nitrogens with zero attached hydrogens (tertiary/aromatic N) is 1. The fraction of sp³-hybridized carbons (Fsp3) is 0.556. The number of carboxylic acids is 1. The van der Waals surface area contributed by atoms with E-state index in [4.69, 9.17) is 21.1 Å². The van der Waals surface area contributed by atoms with Crippen LogP contribution in [0.4, 0.5) is 0 Å². The molecule has 7 heteroatoms. The van der Waals surface area contributed by atoms with E-state index in [2.05, 4.69) is 10.4 Å². The molecule has 2 aliphatic heterocycles. The Morgan fingerprint density at radius 2 is 2.04 bits per heavy atom. The number of hydrogen-bond acceptors (Lipinski definition) is 5. The van der Waals surface area contributed by atoms with Gasteiger partial charge in [0.25, 0.3) is 0 Å². The molecule has 136 valence electrons. The topological polar surface area (TPSA) is 112 Å². The van der Waals surface area contributed by atoms with Crippen LogP contribution in [0, 0.1) is 5.41 Å². The lowest BCUT2D eigenvalue weighted by molar-refractivity contribution is -0.137. The van der Waals surface area contributed by atoms with Crippen LogP contribution < -0.4 is 11.2 Å². The molecule has 5 N–H and O–H groups in total. The number of aliphatic carboxylic acids is 1. The molecular formula is C18H26N4O3. The Morgan fingerprint density at radius 3 is 2.64 bits per heavy atom. The smallest absolute Gasteiger partial charge is 0.303 e. The third-order valence-corrected chi connectivity index (χ3v) is 5.25. The lowest BCUT2D eigenvalue weighted by atomic mass is 9.84. The quantitative estimate of drug-likeness (QED) is 0.460. The van der Waals surface area contributed by atoms with Crippen LogP contribution in [0.15, 0.2) is 24.3 Å². The summed E-state index contributed by atoms with van der Waals surface area (Å²) in [5.74, 6) is -0.649. The minimum atomic E-state index is -0.726. The number of hydroxylamine groups is 1. The lowest BCUT2D eigenvalue weighted by Gasteiger charge is -2.37. The average molecular weight is 346 g/mol. The highest BCUT2D eigenvalue weighted by Gasteiger charge is 2.43. The molecule has 7 nitrogen and oxygen atoms in total. The molecule has 2 fully saturated rings. The predicted molar refractivity (Wildman–Crippen MR) is 94.3 cm³/mol. The number of carboxylic acid groups (broad SMARTS) is 1. The van der Waals surface area contributed by atoms with Gasteiger partial charge in [-0.1, -0.05) is 24.3 Å². The fourth-order valence-corrected chi connectivity index (χ4v) is 3.68. The molecule has 1 spiro atoms. The van der Waals surface area contributed by atoms with Gasteiger partial charge in [0.15, 0.2) is 0 Å². The molecule has 1 aromatic rings. The first-order chi connectivity index (χ1) is 12.0. The summed E-state index contributed by atoms with van der Waals surface area (Å²) in [6, 6.07) is 7.89. The van der Waals surface area contributed by atoms with E-state index >= 15 is 0 Å². The molecule has 0 radical (unpaired) electrons. The third-order valence-electron chi connectivity index (χ3n) is 5.25. The van der Waals surface area contributed by atoms with E-state index in [9.17, 15) is 4.79 Å². The van der Waals surface area contributed by atoms with Crippen LogP contribution in [0.1, 0.15) is 49.3 Å². The van der Waals surface area contributed by atoms with E-state index in [0.717, 1.165) is 50.0 Å². The largest absolute Gasteiger partial charge is 0.481 e. The molecule has 2 saturated heterocycles. The van der Waals surface area contributed by atoms with Crippen molar-refractivity contribution < 1.29 is 14.7 Å². The normalized spacial score (nSPS) is 23.0. The average Bonchev–Trinajstić information content (AvgIpc) is 3.00. The number of nitrogens with two attached hydrogens (primary N) is 1. The Hall–Kier alpha value is -1.96. The fourth-order valence-electron chi connectivity index (χ4n) is 3.68. The summed E-state index contributed by atoms with van der Waals surface area (Å²) < 4.78 is 0. The standard InChI is InChI=1S/C18H26N4O3/c19-17(20)14-5-3-13(4-6-14)15-12-18(25-21-15)7-10-22(11-8-18)9-1-2-16(23)24/h3-6,15,21H,1-2,7-12H2,(H3,19,20)(H,23,24). The summed E-state index contributed by atoms with van der Waals surface area (Å²) in [5.41, 5.74) is 10.4. The van der Waals surface area contributed by atoms with Gasteiger partial charge in [-0.15, -0.1) is 0 Å². The van der Waals surface area contributed by atoms with Gasteiger partial charge in [-0.05, 0) is 31.4 Å². The van der Waals surface area contributed by atoms with Crippen LogP contribution in [-0.4, -0.2) is 47.0 Å². The number of likely N-dealkylation sites (tertiary alicyclic amines) is 1. The summed E-state index contributed by atoms with van der Waals surface area (Å²) >= 11 is 0. The molecular weight excluding hydrogens is 320 g/mol. The Bertz CT molecular complexity index is 624. The van der Waals surface area contributed by atoms with Crippen molar-refractivity contribution in [2.24, 2.45) is 5.73 Å². The summed E-state index contributed by atoms with van der Waals surface area (Å²) in [5, 5.41) is 16.2. The van der Waals surface area contributed by atoms with Crippen molar-refractivity contribution >= 4 is 11.8 Å². The highest BCUT2D eigenvalue weighted by atomic mass is 16.7. The highest BCUT2D eigenvalue weighted by molar-refractivity contribution is 5.94. The van der Waals surface area contributed by atoms with E-state index in [1.807, 2.05) is 24.3 Å². The van der Waals surface area contributed by atoms with Crippen molar-refractivity contribution in [3.8, 4) is 0 Å². The Labute approximate surface area is 147 Å². The van der Waals surface area contributed by atoms with Crippen molar-refractivity contribution in [3.05, 3.63) is 35.4 Å². The van der Waals surface area contributed by atoms with Gasteiger partial charge in [0.2, 0.25) is 0 Å². The zero-order valence-corrected chi connectivity index (χ0v) is 14.3. The molecule has 3 rings (SSSR count). The van der Waals surface area contributed by atoms with E-state index in [0.29, 0.717) is 6.42 Å². The molecule has 0 saturated carbocycles. The van der Waals surface area contributed by atoms with Crippen LogP contribution in [-0.2, 0) is 9.63 Å². The van der Waals surface area contributed by atoms with Gasteiger partial charge in [0, 0.05) is 31.5 Å². The number of rotatable bonds is 6. The maximum absolute atomic E-state index is 10.6. The van der Waals surface area contributed by atoms with Gasteiger partial charge < -0.3 is 15.7 Å². The van der Waals surface area contributed by atoms with Crippen LogP contribution in [0.5, 0.6) is 0 Å². The summed E-state index contributed by atoms with van der Waals surface area (Å²) in [7, 11) is 0. The monoisotopic (exact) mass is 346 g/mol. The first-order valence-electron chi connectivity index (χ1n) is 8.79. The molecule has 0 aromatic heterocycles. The van der Waals surface area contributed by atoms with E-state index in [1.54, 1.807) is 0 Å². The zero-order valence-electron chi connectivity index (χ0n) is 14.3. The maximum Gasteiger partial charge on any atom is 0.303 e. The Kier molecular flexibility index (Phi) is 5.36. The number of hydrogen-bond donors (Lipinski definition) is 4. The second-order valence-corrected chi connectivity index (χ2v) is 7.03. The molecule has 1 aromatic carbocycles. The SMILES string of the molecule is N=C(N)c1ccc(C2CC3(CCN(CCCC(=O)O)CC3)ON2)cc1. The molecule has 0 aliphatic carbocycles. The number of nitrogen functional groups attached to an aromatic ring is 1. The first-order valence-corrected chi connectivity index (χ1v) is 8.79. The van der Waals surface area contributed by atoms with Gasteiger partial charge in [0.05, 0.1) is 11.6 Å².